The second kappa shape index (κ2) is 5.20. The van der Waals surface area contributed by atoms with Gasteiger partial charge in [0.25, 0.3) is 0 Å². The quantitative estimate of drug-likeness (QED) is 0.777. The average molecular weight is 289 g/mol. The Labute approximate surface area is 127 Å². The van der Waals surface area contributed by atoms with E-state index in [9.17, 15) is 10.2 Å². The van der Waals surface area contributed by atoms with Crippen LogP contribution in [0.5, 0.6) is 11.5 Å². The number of rotatable bonds is 1. The van der Waals surface area contributed by atoms with Crippen molar-refractivity contribution in [2.45, 2.75) is 57.4 Å². The molecule has 0 bridgehead atoms. The Kier molecular flexibility index (Phi) is 3.64. The van der Waals surface area contributed by atoms with E-state index in [-0.39, 0.29) is 16.9 Å². The van der Waals surface area contributed by atoms with E-state index in [1.54, 1.807) is 6.07 Å². The molecule has 1 aliphatic carbocycles. The molecule has 0 spiro atoms. The zero-order chi connectivity index (χ0) is 15.2. The van der Waals surface area contributed by atoms with Crippen molar-refractivity contribution in [3.63, 3.8) is 0 Å². The van der Waals surface area contributed by atoms with Gasteiger partial charge in [0, 0.05) is 17.0 Å². The van der Waals surface area contributed by atoms with Gasteiger partial charge in [-0.2, -0.15) is 0 Å². The summed E-state index contributed by atoms with van der Waals surface area (Å²) in [5.41, 5.74) is 2.18. The Morgan fingerprint density at radius 1 is 1.19 bits per heavy atom. The van der Waals surface area contributed by atoms with Gasteiger partial charge in [0.1, 0.15) is 0 Å². The minimum Gasteiger partial charge on any atom is -0.504 e. The highest BCUT2D eigenvalue weighted by Crippen LogP contribution is 2.55. The monoisotopic (exact) mass is 289 g/mol. The number of hydrogen-bond donors (Lipinski definition) is 2. The van der Waals surface area contributed by atoms with Crippen LogP contribution < -0.4 is 0 Å². The van der Waals surface area contributed by atoms with Gasteiger partial charge in [-0.1, -0.05) is 18.9 Å². The summed E-state index contributed by atoms with van der Waals surface area (Å²) < 4.78 is 0. The number of likely N-dealkylation sites (tertiary alicyclic amines) is 1. The van der Waals surface area contributed by atoms with Gasteiger partial charge in [-0.05, 0) is 64.3 Å². The van der Waals surface area contributed by atoms with E-state index >= 15 is 0 Å². The molecule has 3 unspecified atom stereocenters. The van der Waals surface area contributed by atoms with E-state index in [1.807, 2.05) is 6.07 Å². The number of nitrogens with zero attached hydrogens (tertiary/aromatic N) is 1. The number of aromatic hydroxyl groups is 2. The SMILES string of the molecule is Cc1ccc(O)c(O)c1C12CCCCC1C(C)N(C)CC2. The molecule has 116 valence electrons. The predicted molar refractivity (Wildman–Crippen MR) is 84.9 cm³/mol. The van der Waals surface area contributed by atoms with Crippen LogP contribution in [-0.4, -0.2) is 34.7 Å². The molecule has 1 saturated carbocycles. The number of fused-ring (bicyclic) bond motifs is 1. The van der Waals surface area contributed by atoms with Crippen molar-refractivity contribution in [1.82, 2.24) is 4.90 Å². The second-order valence-electron chi connectivity index (χ2n) is 7.10. The standard InChI is InChI=1S/C18H27NO2/c1-12-7-8-15(20)17(21)16(12)18-9-5-4-6-14(18)13(2)19(3)11-10-18/h7-8,13-14,20-21H,4-6,9-11H2,1-3H3. The average Bonchev–Trinajstić information content (AvgIpc) is 2.48. The molecule has 3 heteroatoms. The van der Waals surface area contributed by atoms with Gasteiger partial charge < -0.3 is 15.1 Å². The predicted octanol–water partition coefficient (Wildman–Crippen LogP) is 3.56. The van der Waals surface area contributed by atoms with Crippen LogP contribution in [0.2, 0.25) is 0 Å². The largest absolute Gasteiger partial charge is 0.504 e. The first-order valence-corrected chi connectivity index (χ1v) is 8.19. The summed E-state index contributed by atoms with van der Waals surface area (Å²) in [5.74, 6) is 0.718. The van der Waals surface area contributed by atoms with Crippen molar-refractivity contribution < 1.29 is 10.2 Å². The summed E-state index contributed by atoms with van der Waals surface area (Å²) in [6, 6.07) is 4.09. The van der Waals surface area contributed by atoms with E-state index in [2.05, 4.69) is 25.8 Å². The van der Waals surface area contributed by atoms with E-state index in [4.69, 9.17) is 0 Å². The van der Waals surface area contributed by atoms with Gasteiger partial charge in [-0.3, -0.25) is 0 Å². The van der Waals surface area contributed by atoms with Crippen molar-refractivity contribution >= 4 is 0 Å². The molecule has 3 rings (SSSR count). The lowest BCUT2D eigenvalue weighted by atomic mass is 9.56. The van der Waals surface area contributed by atoms with Crippen LogP contribution in [0.4, 0.5) is 0 Å². The van der Waals surface area contributed by atoms with Crippen LogP contribution in [0.25, 0.3) is 0 Å². The Hall–Kier alpha value is -1.22. The topological polar surface area (TPSA) is 43.7 Å². The molecule has 1 heterocycles. The summed E-state index contributed by atoms with van der Waals surface area (Å²) in [7, 11) is 2.21. The first kappa shape index (κ1) is 14.7. The summed E-state index contributed by atoms with van der Waals surface area (Å²) in [6.45, 7) is 5.45. The second-order valence-corrected chi connectivity index (χ2v) is 7.10. The van der Waals surface area contributed by atoms with E-state index in [0.29, 0.717) is 12.0 Å². The fourth-order valence-electron chi connectivity index (χ4n) is 4.91. The van der Waals surface area contributed by atoms with Crippen molar-refractivity contribution in [2.24, 2.45) is 5.92 Å². The Morgan fingerprint density at radius 3 is 2.71 bits per heavy atom. The molecular weight excluding hydrogens is 262 g/mol. The lowest BCUT2D eigenvalue weighted by Crippen LogP contribution is -2.55. The molecule has 2 N–H and O–H groups in total. The lowest BCUT2D eigenvalue weighted by Gasteiger charge is -2.54. The van der Waals surface area contributed by atoms with Gasteiger partial charge in [-0.25, -0.2) is 0 Å². The zero-order valence-corrected chi connectivity index (χ0v) is 13.4. The molecule has 1 aliphatic heterocycles. The number of hydrogen-bond acceptors (Lipinski definition) is 3. The van der Waals surface area contributed by atoms with Gasteiger partial charge in [-0.15, -0.1) is 0 Å². The smallest absolute Gasteiger partial charge is 0.161 e. The van der Waals surface area contributed by atoms with E-state index in [0.717, 1.165) is 30.5 Å². The van der Waals surface area contributed by atoms with Crippen molar-refractivity contribution in [3.8, 4) is 11.5 Å². The van der Waals surface area contributed by atoms with Crippen molar-refractivity contribution in [3.05, 3.63) is 23.3 Å². The van der Waals surface area contributed by atoms with Crippen LogP contribution >= 0.6 is 0 Å². The molecule has 2 aliphatic rings. The summed E-state index contributed by atoms with van der Waals surface area (Å²) in [4.78, 5) is 2.45. The molecule has 3 atom stereocenters. The van der Waals surface area contributed by atoms with Gasteiger partial charge in [0.2, 0.25) is 0 Å². The summed E-state index contributed by atoms with van der Waals surface area (Å²) in [5, 5.41) is 20.6. The number of aryl methyl sites for hydroxylation is 1. The van der Waals surface area contributed by atoms with Crippen LogP contribution in [0.3, 0.4) is 0 Å². The zero-order valence-electron chi connectivity index (χ0n) is 13.4. The molecular formula is C18H27NO2. The fourth-order valence-corrected chi connectivity index (χ4v) is 4.91. The van der Waals surface area contributed by atoms with Gasteiger partial charge in [0.05, 0.1) is 0 Å². The first-order valence-electron chi connectivity index (χ1n) is 8.19. The molecule has 1 saturated heterocycles. The number of piperidine rings is 1. The third-order valence-corrected chi connectivity index (χ3v) is 6.15. The maximum atomic E-state index is 10.6. The normalized spacial score (nSPS) is 33.7. The Morgan fingerprint density at radius 2 is 1.95 bits per heavy atom. The molecule has 1 aromatic carbocycles. The van der Waals surface area contributed by atoms with Crippen molar-refractivity contribution in [2.75, 3.05) is 13.6 Å². The number of phenolic OH excluding ortho intramolecular Hbond substituents is 2. The van der Waals surface area contributed by atoms with Crippen LogP contribution in [-0.2, 0) is 5.41 Å². The highest BCUT2D eigenvalue weighted by Gasteiger charge is 2.50. The van der Waals surface area contributed by atoms with Gasteiger partial charge in [0.15, 0.2) is 11.5 Å². The number of benzene rings is 1. The van der Waals surface area contributed by atoms with Gasteiger partial charge >= 0.3 is 0 Å². The third-order valence-electron chi connectivity index (χ3n) is 6.15. The highest BCUT2D eigenvalue weighted by atomic mass is 16.3. The molecule has 21 heavy (non-hydrogen) atoms. The van der Waals surface area contributed by atoms with Crippen LogP contribution in [0.15, 0.2) is 12.1 Å². The lowest BCUT2D eigenvalue weighted by molar-refractivity contribution is 0.0212. The minimum atomic E-state index is 0.0286. The molecule has 3 nitrogen and oxygen atoms in total. The van der Waals surface area contributed by atoms with E-state index in [1.165, 1.54) is 19.3 Å². The summed E-state index contributed by atoms with van der Waals surface area (Å²) in [6.07, 6.45) is 5.94. The molecule has 0 amide bonds. The maximum Gasteiger partial charge on any atom is 0.161 e. The molecule has 0 radical (unpaired) electrons. The minimum absolute atomic E-state index is 0.0286. The third kappa shape index (κ3) is 2.13. The number of phenols is 2. The van der Waals surface area contributed by atoms with E-state index < -0.39 is 0 Å². The Balaban J connectivity index is 2.15. The summed E-state index contributed by atoms with van der Waals surface area (Å²) >= 11 is 0. The van der Waals surface area contributed by atoms with Crippen molar-refractivity contribution in [1.29, 1.82) is 0 Å². The molecule has 2 fully saturated rings. The fraction of sp³-hybridized carbons (Fsp3) is 0.667. The van der Waals surface area contributed by atoms with Crippen LogP contribution in [0, 0.1) is 12.8 Å². The first-order chi connectivity index (χ1) is 9.97. The highest BCUT2D eigenvalue weighted by molar-refractivity contribution is 5.53. The molecule has 1 aromatic rings. The molecule has 0 aromatic heterocycles. The maximum absolute atomic E-state index is 10.6. The van der Waals surface area contributed by atoms with Crippen LogP contribution in [0.1, 0.15) is 50.2 Å². The Bertz CT molecular complexity index is 542.